The van der Waals surface area contributed by atoms with Crippen LogP contribution in [0.2, 0.25) is 0 Å². The number of hydrogen-bond donors (Lipinski definition) is 3. The van der Waals surface area contributed by atoms with Gasteiger partial charge in [0.2, 0.25) is 5.91 Å². The molecule has 0 atom stereocenters. The van der Waals surface area contributed by atoms with Crippen LogP contribution in [0.15, 0.2) is 47.5 Å². The summed E-state index contributed by atoms with van der Waals surface area (Å²) in [4.78, 5) is 16.1. The number of nitrogens with one attached hydrogen (secondary N) is 3. The van der Waals surface area contributed by atoms with E-state index in [1.807, 2.05) is 58.0 Å². The highest BCUT2D eigenvalue weighted by atomic mass is 127. The first-order chi connectivity index (χ1) is 15.4. The molecule has 33 heavy (non-hydrogen) atoms. The fourth-order valence-electron chi connectivity index (χ4n) is 2.87. The van der Waals surface area contributed by atoms with Crippen LogP contribution in [0.5, 0.6) is 5.75 Å². The molecule has 0 saturated carbocycles. The summed E-state index contributed by atoms with van der Waals surface area (Å²) in [7, 11) is 1.74. The predicted molar refractivity (Wildman–Crippen MR) is 146 cm³/mol. The van der Waals surface area contributed by atoms with E-state index in [0.29, 0.717) is 38.9 Å². The monoisotopic (exact) mass is 568 g/mol. The number of hydrogen-bond acceptors (Lipinski definition) is 4. The van der Waals surface area contributed by atoms with Crippen LogP contribution in [0.3, 0.4) is 0 Å². The van der Waals surface area contributed by atoms with Gasteiger partial charge in [0.1, 0.15) is 12.4 Å². The van der Waals surface area contributed by atoms with Gasteiger partial charge >= 0.3 is 0 Å². The number of guanidine groups is 1. The number of carbonyl (C=O) groups is 1. The molecule has 0 aliphatic heterocycles. The molecule has 0 spiro atoms. The maximum atomic E-state index is 11.8. The Morgan fingerprint density at radius 1 is 1.03 bits per heavy atom. The molecular formula is C25H37IN4O3. The number of benzene rings is 2. The van der Waals surface area contributed by atoms with Gasteiger partial charge in [0.05, 0.1) is 6.61 Å². The van der Waals surface area contributed by atoms with Crippen LogP contribution < -0.4 is 20.7 Å². The first kappa shape index (κ1) is 28.7. The zero-order valence-corrected chi connectivity index (χ0v) is 22.6. The summed E-state index contributed by atoms with van der Waals surface area (Å²) in [6.45, 7) is 10.7. The van der Waals surface area contributed by atoms with Crippen LogP contribution >= 0.6 is 24.0 Å². The van der Waals surface area contributed by atoms with Gasteiger partial charge in [-0.3, -0.25) is 9.79 Å². The van der Waals surface area contributed by atoms with Crippen molar-refractivity contribution in [1.82, 2.24) is 10.6 Å². The van der Waals surface area contributed by atoms with Crippen molar-refractivity contribution in [2.24, 2.45) is 10.9 Å². The Hall–Kier alpha value is -2.33. The smallest absolute Gasteiger partial charge is 0.226 e. The van der Waals surface area contributed by atoms with E-state index in [4.69, 9.17) is 9.47 Å². The third-order valence-corrected chi connectivity index (χ3v) is 4.79. The van der Waals surface area contributed by atoms with Crippen molar-refractivity contribution in [2.75, 3.05) is 32.2 Å². The van der Waals surface area contributed by atoms with Gasteiger partial charge in [-0.2, -0.15) is 0 Å². The Morgan fingerprint density at radius 3 is 2.36 bits per heavy atom. The SMILES string of the molecule is CCOCCOc1cc(C)ccc1CNC(=NC)NCc1ccc(NC(=O)C(C)C)cc1.I. The van der Waals surface area contributed by atoms with Gasteiger partial charge in [0.25, 0.3) is 0 Å². The highest BCUT2D eigenvalue weighted by Crippen LogP contribution is 2.20. The molecule has 2 rings (SSSR count). The van der Waals surface area contributed by atoms with Gasteiger partial charge in [-0.05, 0) is 43.2 Å². The predicted octanol–water partition coefficient (Wildman–Crippen LogP) is 4.49. The lowest BCUT2D eigenvalue weighted by atomic mass is 10.1. The van der Waals surface area contributed by atoms with Crippen molar-refractivity contribution < 1.29 is 14.3 Å². The second-order valence-electron chi connectivity index (χ2n) is 7.78. The molecule has 2 aromatic carbocycles. The molecule has 3 N–H and O–H groups in total. The van der Waals surface area contributed by atoms with E-state index in [9.17, 15) is 4.79 Å². The van der Waals surface area contributed by atoms with Crippen molar-refractivity contribution >= 4 is 41.5 Å². The molecule has 0 aliphatic carbocycles. The second-order valence-corrected chi connectivity index (χ2v) is 7.78. The molecule has 7 nitrogen and oxygen atoms in total. The van der Waals surface area contributed by atoms with Gasteiger partial charge in [-0.25, -0.2) is 0 Å². The molecule has 182 valence electrons. The normalized spacial score (nSPS) is 11.0. The Kier molecular flexibility index (Phi) is 13.5. The molecule has 0 heterocycles. The molecule has 0 aromatic heterocycles. The topological polar surface area (TPSA) is 84.0 Å². The van der Waals surface area contributed by atoms with E-state index in [0.717, 1.165) is 28.1 Å². The van der Waals surface area contributed by atoms with Crippen LogP contribution in [0.1, 0.15) is 37.5 Å². The van der Waals surface area contributed by atoms with Gasteiger partial charge in [0.15, 0.2) is 5.96 Å². The summed E-state index contributed by atoms with van der Waals surface area (Å²) >= 11 is 0. The lowest BCUT2D eigenvalue weighted by Crippen LogP contribution is -2.36. The summed E-state index contributed by atoms with van der Waals surface area (Å²) in [5.74, 6) is 1.52. The fourth-order valence-corrected chi connectivity index (χ4v) is 2.87. The Bertz CT molecular complexity index is 886. The Balaban J connectivity index is 0.00000544. The number of carbonyl (C=O) groups excluding carboxylic acids is 1. The van der Waals surface area contributed by atoms with E-state index in [-0.39, 0.29) is 35.8 Å². The van der Waals surface area contributed by atoms with Gasteiger partial charge in [0, 0.05) is 43.9 Å². The average Bonchev–Trinajstić information content (AvgIpc) is 2.78. The van der Waals surface area contributed by atoms with Crippen LogP contribution in [-0.4, -0.2) is 38.7 Å². The minimum Gasteiger partial charge on any atom is -0.491 e. The van der Waals surface area contributed by atoms with Crippen LogP contribution in [0.4, 0.5) is 5.69 Å². The van der Waals surface area contributed by atoms with Crippen molar-refractivity contribution in [3.63, 3.8) is 0 Å². The number of amides is 1. The molecule has 0 radical (unpaired) electrons. The van der Waals surface area contributed by atoms with Gasteiger partial charge < -0.3 is 25.4 Å². The fraction of sp³-hybridized carbons (Fsp3) is 0.440. The molecule has 2 aromatic rings. The third-order valence-electron chi connectivity index (χ3n) is 4.79. The van der Waals surface area contributed by atoms with E-state index in [1.54, 1.807) is 7.05 Å². The average molecular weight is 569 g/mol. The van der Waals surface area contributed by atoms with Crippen molar-refractivity contribution in [1.29, 1.82) is 0 Å². The first-order valence-corrected chi connectivity index (χ1v) is 11.1. The molecule has 0 unspecified atom stereocenters. The van der Waals surface area contributed by atoms with Crippen molar-refractivity contribution in [2.45, 2.75) is 40.8 Å². The Labute approximate surface area is 214 Å². The highest BCUT2D eigenvalue weighted by molar-refractivity contribution is 14.0. The largest absolute Gasteiger partial charge is 0.491 e. The van der Waals surface area contributed by atoms with Gasteiger partial charge in [-0.15, -0.1) is 24.0 Å². The lowest BCUT2D eigenvalue weighted by Gasteiger charge is -2.16. The summed E-state index contributed by atoms with van der Waals surface area (Å²) < 4.78 is 11.3. The summed E-state index contributed by atoms with van der Waals surface area (Å²) in [5, 5.41) is 9.55. The van der Waals surface area contributed by atoms with Crippen LogP contribution in [-0.2, 0) is 22.6 Å². The van der Waals surface area contributed by atoms with Crippen LogP contribution in [0.25, 0.3) is 0 Å². The number of rotatable bonds is 11. The molecule has 1 amide bonds. The number of halogens is 1. The summed E-state index contributed by atoms with van der Waals surface area (Å²) in [6.07, 6.45) is 0. The number of ether oxygens (including phenoxy) is 2. The maximum absolute atomic E-state index is 11.8. The molecule has 0 fully saturated rings. The summed E-state index contributed by atoms with van der Waals surface area (Å²) in [6, 6.07) is 14.0. The molecular weight excluding hydrogens is 531 g/mol. The quantitative estimate of drug-likeness (QED) is 0.161. The molecule has 0 aliphatic rings. The number of nitrogens with zero attached hydrogens (tertiary/aromatic N) is 1. The molecule has 0 bridgehead atoms. The zero-order valence-electron chi connectivity index (χ0n) is 20.2. The van der Waals surface area contributed by atoms with E-state index < -0.39 is 0 Å². The highest BCUT2D eigenvalue weighted by Gasteiger charge is 2.08. The van der Waals surface area contributed by atoms with Crippen LogP contribution in [0, 0.1) is 12.8 Å². The van der Waals surface area contributed by atoms with E-state index in [2.05, 4.69) is 33.1 Å². The lowest BCUT2D eigenvalue weighted by molar-refractivity contribution is -0.118. The van der Waals surface area contributed by atoms with E-state index >= 15 is 0 Å². The minimum atomic E-state index is -0.0464. The zero-order chi connectivity index (χ0) is 23.3. The second kappa shape index (κ2) is 15.5. The number of anilines is 1. The van der Waals surface area contributed by atoms with Crippen molar-refractivity contribution in [3.05, 3.63) is 59.2 Å². The number of aliphatic imine (C=N–C) groups is 1. The third kappa shape index (κ3) is 10.4. The number of aryl methyl sites for hydroxylation is 1. The van der Waals surface area contributed by atoms with Gasteiger partial charge in [-0.1, -0.05) is 38.1 Å². The standard InChI is InChI=1S/C25H36N4O3.HI/c1-6-31-13-14-32-23-15-19(4)7-10-21(23)17-28-25(26-5)27-16-20-8-11-22(12-9-20)29-24(30)18(2)3;/h7-12,15,18H,6,13-14,16-17H2,1-5H3,(H,29,30)(H2,26,27,28);1H. The minimum absolute atomic E-state index is 0. The van der Waals surface area contributed by atoms with Crippen molar-refractivity contribution in [3.8, 4) is 5.75 Å². The summed E-state index contributed by atoms with van der Waals surface area (Å²) in [5.41, 5.74) is 4.09. The molecule has 0 saturated heterocycles. The van der Waals surface area contributed by atoms with E-state index in [1.165, 1.54) is 0 Å². The first-order valence-electron chi connectivity index (χ1n) is 11.1. The Morgan fingerprint density at radius 2 is 1.73 bits per heavy atom. The maximum Gasteiger partial charge on any atom is 0.226 e. The molecule has 8 heteroatoms.